The summed E-state index contributed by atoms with van der Waals surface area (Å²) in [5, 5.41) is 0. The third kappa shape index (κ3) is 3.07. The predicted octanol–water partition coefficient (Wildman–Crippen LogP) is 4.43. The molecule has 0 saturated heterocycles. The third-order valence-corrected chi connectivity index (χ3v) is 3.11. The van der Waals surface area contributed by atoms with Crippen molar-refractivity contribution < 1.29 is 22.4 Å². The van der Waals surface area contributed by atoms with Gasteiger partial charge in [0.15, 0.2) is 5.78 Å². The molecule has 2 rings (SSSR count). The molecule has 20 heavy (non-hydrogen) atoms. The maximum absolute atomic E-state index is 13.6. The molecule has 0 spiro atoms. The normalized spacial score (nSPS) is 10.7. The van der Waals surface area contributed by atoms with Gasteiger partial charge in [0.2, 0.25) is 0 Å². The Labute approximate surface area is 120 Å². The molecule has 0 heterocycles. The molecular weight excluding hydrogens is 340 g/mol. The fourth-order valence-corrected chi connectivity index (χ4v) is 2.14. The maximum atomic E-state index is 13.6. The van der Waals surface area contributed by atoms with Crippen molar-refractivity contribution in [3.8, 4) is 0 Å². The Kier molecular flexibility index (Phi) is 4.23. The Balaban J connectivity index is 2.33. The fraction of sp³-hybridized carbons (Fsp3) is 0.0714. The smallest absolute Gasteiger partial charge is 0.173 e. The summed E-state index contributed by atoms with van der Waals surface area (Å²) in [5.41, 5.74) is -0.866. The van der Waals surface area contributed by atoms with E-state index in [0.717, 1.165) is 24.3 Å². The first-order chi connectivity index (χ1) is 9.38. The topological polar surface area (TPSA) is 17.1 Å². The molecule has 0 saturated carbocycles. The number of rotatable bonds is 3. The van der Waals surface area contributed by atoms with Crippen LogP contribution in [0.2, 0.25) is 0 Å². The average molecular weight is 347 g/mol. The molecule has 0 aliphatic carbocycles. The van der Waals surface area contributed by atoms with Crippen molar-refractivity contribution in [2.75, 3.05) is 0 Å². The van der Waals surface area contributed by atoms with E-state index in [4.69, 9.17) is 0 Å². The van der Waals surface area contributed by atoms with Crippen LogP contribution < -0.4 is 0 Å². The van der Waals surface area contributed by atoms with Crippen LogP contribution in [0.1, 0.15) is 15.9 Å². The van der Waals surface area contributed by atoms with Gasteiger partial charge in [-0.3, -0.25) is 4.79 Å². The minimum atomic E-state index is -1.04. The van der Waals surface area contributed by atoms with E-state index in [1.807, 2.05) is 0 Å². The quantitative estimate of drug-likeness (QED) is 0.593. The highest BCUT2D eigenvalue weighted by molar-refractivity contribution is 9.10. The molecule has 0 bridgehead atoms. The molecule has 0 aromatic heterocycles. The Morgan fingerprint density at radius 1 is 0.950 bits per heavy atom. The summed E-state index contributed by atoms with van der Waals surface area (Å²) in [7, 11) is 0. The summed E-state index contributed by atoms with van der Waals surface area (Å²) in [6.07, 6.45) is -0.554. The van der Waals surface area contributed by atoms with Crippen LogP contribution in [0.15, 0.2) is 34.8 Å². The van der Waals surface area contributed by atoms with Crippen LogP contribution in [0, 0.1) is 23.3 Å². The van der Waals surface area contributed by atoms with Gasteiger partial charge in [0, 0.05) is 17.0 Å². The second-order valence-corrected chi connectivity index (χ2v) is 5.00. The number of carbonyl (C=O) groups excluding carboxylic acids is 1. The molecule has 0 unspecified atom stereocenters. The summed E-state index contributed by atoms with van der Waals surface area (Å²) in [6, 6.07) is 4.53. The number of benzene rings is 2. The molecule has 2 aromatic rings. The van der Waals surface area contributed by atoms with Crippen LogP contribution in [0.3, 0.4) is 0 Å². The number of carbonyl (C=O) groups is 1. The van der Waals surface area contributed by atoms with Gasteiger partial charge in [-0.15, -0.1) is 0 Å². The Morgan fingerprint density at radius 3 is 2.10 bits per heavy atom. The number of Topliss-reactive ketones (excluding diaryl/α,β-unsaturated/α-hetero) is 1. The number of hydrogen-bond donors (Lipinski definition) is 0. The van der Waals surface area contributed by atoms with Gasteiger partial charge in [-0.25, -0.2) is 17.6 Å². The first kappa shape index (κ1) is 14.7. The van der Waals surface area contributed by atoms with Crippen LogP contribution in [-0.4, -0.2) is 5.78 Å². The van der Waals surface area contributed by atoms with Crippen LogP contribution >= 0.6 is 15.9 Å². The molecule has 1 nitrogen and oxygen atoms in total. The molecule has 6 heteroatoms. The minimum Gasteiger partial charge on any atom is -0.294 e. The van der Waals surface area contributed by atoms with Gasteiger partial charge in [-0.1, -0.05) is 22.0 Å². The number of ketones is 1. The van der Waals surface area contributed by atoms with Crippen molar-refractivity contribution in [2.24, 2.45) is 0 Å². The third-order valence-electron chi connectivity index (χ3n) is 2.65. The molecule has 0 N–H and O–H groups in total. The molecule has 0 amide bonds. The molecule has 0 aliphatic heterocycles. The SMILES string of the molecule is O=C(Cc1ccc(F)cc1F)c1c(F)cc(Br)cc1F. The minimum absolute atomic E-state index is 0.127. The van der Waals surface area contributed by atoms with Gasteiger partial charge in [-0.05, 0) is 23.8 Å². The number of hydrogen-bond acceptors (Lipinski definition) is 1. The standard InChI is InChI=1S/C14H7BrF4O/c15-8-4-11(18)14(12(19)5-8)13(20)3-7-1-2-9(16)6-10(7)17/h1-2,4-6H,3H2. The first-order valence-corrected chi connectivity index (χ1v) is 6.29. The van der Waals surface area contributed by atoms with Gasteiger partial charge in [0.1, 0.15) is 23.3 Å². The van der Waals surface area contributed by atoms with E-state index < -0.39 is 41.0 Å². The highest BCUT2D eigenvalue weighted by atomic mass is 79.9. The van der Waals surface area contributed by atoms with Crippen molar-refractivity contribution in [1.29, 1.82) is 0 Å². The van der Waals surface area contributed by atoms with Gasteiger partial charge in [0.25, 0.3) is 0 Å². The van der Waals surface area contributed by atoms with E-state index in [1.165, 1.54) is 0 Å². The average Bonchev–Trinajstić information content (AvgIpc) is 2.31. The zero-order valence-corrected chi connectivity index (χ0v) is 11.5. The summed E-state index contributed by atoms with van der Waals surface area (Å²) >= 11 is 2.89. The van der Waals surface area contributed by atoms with E-state index in [1.54, 1.807) is 0 Å². The van der Waals surface area contributed by atoms with Gasteiger partial charge in [0.05, 0.1) is 5.56 Å². The lowest BCUT2D eigenvalue weighted by molar-refractivity contribution is 0.0983. The van der Waals surface area contributed by atoms with Crippen LogP contribution in [-0.2, 0) is 6.42 Å². The molecule has 0 radical (unpaired) electrons. The van der Waals surface area contributed by atoms with E-state index in [-0.39, 0.29) is 10.0 Å². The summed E-state index contributed by atoms with van der Waals surface area (Å²) in [5.74, 6) is -4.72. The monoisotopic (exact) mass is 346 g/mol. The lowest BCUT2D eigenvalue weighted by atomic mass is 10.0. The van der Waals surface area contributed by atoms with E-state index in [2.05, 4.69) is 15.9 Å². The van der Waals surface area contributed by atoms with E-state index >= 15 is 0 Å². The highest BCUT2D eigenvalue weighted by Crippen LogP contribution is 2.21. The van der Waals surface area contributed by atoms with Crippen LogP contribution in [0.5, 0.6) is 0 Å². The summed E-state index contributed by atoms with van der Waals surface area (Å²) in [6.45, 7) is 0. The summed E-state index contributed by atoms with van der Waals surface area (Å²) in [4.78, 5) is 11.8. The Hall–Kier alpha value is -1.69. The zero-order chi connectivity index (χ0) is 14.9. The summed E-state index contributed by atoms with van der Waals surface area (Å²) < 4.78 is 53.5. The Morgan fingerprint density at radius 2 is 1.55 bits per heavy atom. The molecule has 0 aliphatic rings. The first-order valence-electron chi connectivity index (χ1n) is 5.50. The predicted molar refractivity (Wildman–Crippen MR) is 68.5 cm³/mol. The highest BCUT2D eigenvalue weighted by Gasteiger charge is 2.20. The van der Waals surface area contributed by atoms with Gasteiger partial charge < -0.3 is 0 Å². The lowest BCUT2D eigenvalue weighted by Crippen LogP contribution is -2.10. The second-order valence-electron chi connectivity index (χ2n) is 4.08. The van der Waals surface area contributed by atoms with E-state index in [0.29, 0.717) is 6.07 Å². The van der Waals surface area contributed by atoms with Gasteiger partial charge in [-0.2, -0.15) is 0 Å². The van der Waals surface area contributed by atoms with Crippen LogP contribution in [0.25, 0.3) is 0 Å². The van der Waals surface area contributed by atoms with Crippen molar-refractivity contribution in [1.82, 2.24) is 0 Å². The molecule has 0 fully saturated rings. The lowest BCUT2D eigenvalue weighted by Gasteiger charge is -2.06. The van der Waals surface area contributed by atoms with Crippen LogP contribution in [0.4, 0.5) is 17.6 Å². The zero-order valence-electron chi connectivity index (χ0n) is 9.89. The van der Waals surface area contributed by atoms with E-state index in [9.17, 15) is 22.4 Å². The fourth-order valence-electron chi connectivity index (χ4n) is 1.73. The largest absolute Gasteiger partial charge is 0.294 e. The molecule has 2 aromatic carbocycles. The van der Waals surface area contributed by atoms with Crippen molar-refractivity contribution >= 4 is 21.7 Å². The Bertz CT molecular complexity index is 662. The van der Waals surface area contributed by atoms with Gasteiger partial charge >= 0.3 is 0 Å². The molecular formula is C14H7BrF4O. The van der Waals surface area contributed by atoms with Crippen molar-refractivity contribution in [3.63, 3.8) is 0 Å². The molecule has 104 valence electrons. The number of halogens is 5. The van der Waals surface area contributed by atoms with Crippen molar-refractivity contribution in [2.45, 2.75) is 6.42 Å². The molecule has 0 atom stereocenters. The van der Waals surface area contributed by atoms with Crippen molar-refractivity contribution in [3.05, 3.63) is 69.2 Å². The maximum Gasteiger partial charge on any atom is 0.173 e. The second kappa shape index (κ2) is 5.75.